The topological polar surface area (TPSA) is 9.23 Å². The highest BCUT2D eigenvalue weighted by Gasteiger charge is 2.08. The molecule has 0 radical (unpaired) electrons. The summed E-state index contributed by atoms with van der Waals surface area (Å²) >= 11 is 0. The minimum Gasteiger partial charge on any atom is -0.493 e. The molecule has 0 amide bonds. The summed E-state index contributed by atoms with van der Waals surface area (Å²) in [4.78, 5) is 0. The predicted octanol–water partition coefficient (Wildman–Crippen LogP) is 3.18. The van der Waals surface area contributed by atoms with Gasteiger partial charge in [0.05, 0.1) is 6.61 Å². The number of allylic oxidation sites excluding steroid dienone is 1. The highest BCUT2D eigenvalue weighted by molar-refractivity contribution is 5.69. The number of benzene rings is 1. The van der Waals surface area contributed by atoms with E-state index in [9.17, 15) is 0 Å². The Morgan fingerprint density at radius 1 is 1.23 bits per heavy atom. The van der Waals surface area contributed by atoms with Gasteiger partial charge in [0, 0.05) is 12.0 Å². The van der Waals surface area contributed by atoms with E-state index in [4.69, 9.17) is 4.74 Å². The smallest absolute Gasteiger partial charge is 0.127 e. The number of hydrogen-bond donors (Lipinski definition) is 0. The molecule has 0 aliphatic carbocycles. The zero-order valence-electron chi connectivity index (χ0n) is 8.13. The van der Waals surface area contributed by atoms with E-state index in [1.165, 1.54) is 16.7 Å². The number of rotatable bonds is 0. The summed E-state index contributed by atoms with van der Waals surface area (Å²) in [7, 11) is 0. The summed E-state index contributed by atoms with van der Waals surface area (Å²) < 4.78 is 5.65. The van der Waals surface area contributed by atoms with E-state index < -0.39 is 0 Å². The van der Waals surface area contributed by atoms with Gasteiger partial charge in [0.2, 0.25) is 0 Å². The first-order valence-electron chi connectivity index (χ1n) is 4.68. The van der Waals surface area contributed by atoms with Crippen LogP contribution in [-0.2, 0) is 0 Å². The predicted molar refractivity (Wildman–Crippen MR) is 54.9 cm³/mol. The van der Waals surface area contributed by atoms with Crippen molar-refractivity contribution in [2.45, 2.75) is 20.3 Å². The molecule has 0 atom stereocenters. The third kappa shape index (κ3) is 1.59. The van der Waals surface area contributed by atoms with Gasteiger partial charge >= 0.3 is 0 Å². The Morgan fingerprint density at radius 2 is 2.08 bits per heavy atom. The van der Waals surface area contributed by atoms with Gasteiger partial charge in [-0.15, -0.1) is 0 Å². The molecule has 68 valence electrons. The van der Waals surface area contributed by atoms with E-state index in [0.29, 0.717) is 0 Å². The van der Waals surface area contributed by atoms with E-state index in [2.05, 4.69) is 38.1 Å². The molecule has 0 fully saturated rings. The molecule has 1 aromatic rings. The average Bonchev–Trinajstić information content (AvgIpc) is 2.28. The zero-order chi connectivity index (χ0) is 9.26. The van der Waals surface area contributed by atoms with Crippen molar-refractivity contribution < 1.29 is 4.74 Å². The summed E-state index contributed by atoms with van der Waals surface area (Å²) in [6, 6.07) is 6.38. The van der Waals surface area contributed by atoms with Gasteiger partial charge in [-0.2, -0.15) is 0 Å². The summed E-state index contributed by atoms with van der Waals surface area (Å²) in [5.41, 5.74) is 3.82. The summed E-state index contributed by atoms with van der Waals surface area (Å²) in [5.74, 6) is 1.03. The van der Waals surface area contributed by atoms with Gasteiger partial charge in [0.1, 0.15) is 5.75 Å². The van der Waals surface area contributed by atoms with Crippen LogP contribution in [0.1, 0.15) is 24.5 Å². The molecule has 1 nitrogen and oxygen atoms in total. The van der Waals surface area contributed by atoms with Crippen LogP contribution >= 0.6 is 0 Å². The van der Waals surface area contributed by atoms with E-state index in [1.807, 2.05) is 0 Å². The van der Waals surface area contributed by atoms with Crippen LogP contribution < -0.4 is 4.74 Å². The maximum atomic E-state index is 5.65. The van der Waals surface area contributed by atoms with E-state index in [1.54, 1.807) is 0 Å². The van der Waals surface area contributed by atoms with Crippen molar-refractivity contribution in [3.05, 3.63) is 35.4 Å². The molecule has 1 aliphatic rings. The van der Waals surface area contributed by atoms with Crippen LogP contribution in [0.4, 0.5) is 0 Å². The molecule has 0 N–H and O–H groups in total. The highest BCUT2D eigenvalue weighted by atomic mass is 16.5. The zero-order valence-corrected chi connectivity index (χ0v) is 8.13. The Labute approximate surface area is 79.0 Å². The number of aryl methyl sites for hydroxylation is 1. The monoisotopic (exact) mass is 174 g/mol. The first-order chi connectivity index (χ1) is 6.27. The van der Waals surface area contributed by atoms with Crippen molar-refractivity contribution in [1.82, 2.24) is 0 Å². The van der Waals surface area contributed by atoms with Crippen molar-refractivity contribution in [2.24, 2.45) is 0 Å². The highest BCUT2D eigenvalue weighted by Crippen LogP contribution is 2.29. The molecule has 0 aromatic heterocycles. The van der Waals surface area contributed by atoms with Crippen molar-refractivity contribution in [3.63, 3.8) is 0 Å². The SMILES string of the molecule is CC1=CCCOc2cc(C)ccc21. The number of fused-ring (bicyclic) bond motifs is 1. The lowest BCUT2D eigenvalue weighted by Gasteiger charge is -2.08. The largest absolute Gasteiger partial charge is 0.493 e. The normalized spacial score (nSPS) is 15.4. The maximum Gasteiger partial charge on any atom is 0.127 e. The lowest BCUT2D eigenvalue weighted by Crippen LogP contribution is -1.95. The van der Waals surface area contributed by atoms with Crippen molar-refractivity contribution in [2.75, 3.05) is 6.61 Å². The van der Waals surface area contributed by atoms with Gasteiger partial charge in [-0.1, -0.05) is 18.2 Å². The molecule has 13 heavy (non-hydrogen) atoms. The Morgan fingerprint density at radius 3 is 2.92 bits per heavy atom. The molecule has 1 heteroatoms. The molecule has 0 saturated heterocycles. The third-order valence-corrected chi connectivity index (χ3v) is 2.39. The third-order valence-electron chi connectivity index (χ3n) is 2.39. The van der Waals surface area contributed by atoms with Gasteiger partial charge in [-0.05, 0) is 31.1 Å². The first-order valence-corrected chi connectivity index (χ1v) is 4.68. The molecule has 1 aromatic carbocycles. The van der Waals surface area contributed by atoms with E-state index in [-0.39, 0.29) is 0 Å². The van der Waals surface area contributed by atoms with E-state index in [0.717, 1.165) is 18.8 Å². The van der Waals surface area contributed by atoms with Crippen LogP contribution in [0.15, 0.2) is 24.3 Å². The van der Waals surface area contributed by atoms with Crippen LogP contribution in [0.3, 0.4) is 0 Å². The Kier molecular flexibility index (Phi) is 2.09. The van der Waals surface area contributed by atoms with Gasteiger partial charge in [-0.3, -0.25) is 0 Å². The first kappa shape index (κ1) is 8.36. The lowest BCUT2D eigenvalue weighted by atomic mass is 10.0. The molecule has 2 rings (SSSR count). The Hall–Kier alpha value is -1.24. The lowest BCUT2D eigenvalue weighted by molar-refractivity contribution is 0.326. The van der Waals surface area contributed by atoms with Crippen molar-refractivity contribution >= 4 is 5.57 Å². The summed E-state index contributed by atoms with van der Waals surface area (Å²) in [6.07, 6.45) is 3.25. The second-order valence-electron chi connectivity index (χ2n) is 3.52. The summed E-state index contributed by atoms with van der Waals surface area (Å²) in [6.45, 7) is 5.03. The number of ether oxygens (including phenoxy) is 1. The minimum atomic E-state index is 0.799. The van der Waals surface area contributed by atoms with Gasteiger partial charge < -0.3 is 4.74 Å². The fraction of sp³-hybridized carbons (Fsp3) is 0.333. The number of hydrogen-bond acceptors (Lipinski definition) is 1. The van der Waals surface area contributed by atoms with Crippen molar-refractivity contribution in [1.29, 1.82) is 0 Å². The van der Waals surface area contributed by atoms with Gasteiger partial charge in [0.25, 0.3) is 0 Å². The second-order valence-corrected chi connectivity index (χ2v) is 3.52. The van der Waals surface area contributed by atoms with Crippen LogP contribution in [0.2, 0.25) is 0 Å². The molecular formula is C12H14O. The molecule has 0 spiro atoms. The molecule has 1 heterocycles. The molecule has 1 aliphatic heterocycles. The Balaban J connectivity index is 2.52. The fourth-order valence-corrected chi connectivity index (χ4v) is 1.63. The molecule has 0 bridgehead atoms. The maximum absolute atomic E-state index is 5.65. The standard InChI is InChI=1S/C12H14O/c1-9-5-6-11-10(2)4-3-7-13-12(11)8-9/h4-6,8H,3,7H2,1-2H3. The fourth-order valence-electron chi connectivity index (χ4n) is 1.63. The molecule has 0 unspecified atom stereocenters. The molecular weight excluding hydrogens is 160 g/mol. The van der Waals surface area contributed by atoms with Crippen LogP contribution in [0.25, 0.3) is 5.57 Å². The average molecular weight is 174 g/mol. The Bertz CT molecular complexity index is 350. The quantitative estimate of drug-likeness (QED) is 0.587. The van der Waals surface area contributed by atoms with Crippen LogP contribution in [-0.4, -0.2) is 6.61 Å². The van der Waals surface area contributed by atoms with Gasteiger partial charge in [-0.25, -0.2) is 0 Å². The summed E-state index contributed by atoms with van der Waals surface area (Å²) in [5, 5.41) is 0. The molecule has 0 saturated carbocycles. The van der Waals surface area contributed by atoms with Crippen LogP contribution in [0, 0.1) is 6.92 Å². The van der Waals surface area contributed by atoms with Crippen LogP contribution in [0.5, 0.6) is 5.75 Å². The van der Waals surface area contributed by atoms with E-state index >= 15 is 0 Å². The minimum absolute atomic E-state index is 0.799. The van der Waals surface area contributed by atoms with Gasteiger partial charge in [0.15, 0.2) is 0 Å². The second kappa shape index (κ2) is 3.25. The van der Waals surface area contributed by atoms with Crippen molar-refractivity contribution in [3.8, 4) is 5.75 Å².